The first-order valence-corrected chi connectivity index (χ1v) is 8.54. The van der Waals surface area contributed by atoms with Crippen molar-refractivity contribution in [2.75, 3.05) is 6.54 Å². The molecule has 2 aromatic carbocycles. The molecule has 9 heteroatoms. The van der Waals surface area contributed by atoms with Crippen LogP contribution in [0.4, 0.5) is 11.4 Å². The molecule has 1 amide bonds. The summed E-state index contributed by atoms with van der Waals surface area (Å²) in [7, 11) is 1.94. The SMILES string of the molecule is C[C@H](CNC(=O)c1cc([N+](=O)[O-])cc([N+](=O)[O-])c1)c1cn(C)c2ccccc12. The maximum absolute atomic E-state index is 12.4. The summed E-state index contributed by atoms with van der Waals surface area (Å²) in [6.07, 6.45) is 2.00. The molecule has 0 unspecified atom stereocenters. The van der Waals surface area contributed by atoms with Crippen LogP contribution in [0.2, 0.25) is 0 Å². The second kappa shape index (κ2) is 7.47. The third-order valence-corrected chi connectivity index (χ3v) is 4.61. The molecule has 1 heterocycles. The number of hydrogen-bond acceptors (Lipinski definition) is 5. The van der Waals surface area contributed by atoms with E-state index in [2.05, 4.69) is 5.32 Å². The standard InChI is InChI=1S/C19H18N4O5/c1-12(17-11-21(2)18-6-4-3-5-16(17)18)10-20-19(24)13-7-14(22(25)26)9-15(8-13)23(27)28/h3-9,11-12H,10H2,1-2H3,(H,20,24)/t12-/m1/s1. The molecule has 144 valence electrons. The molecule has 28 heavy (non-hydrogen) atoms. The molecule has 1 N–H and O–H groups in total. The Labute approximate surface area is 159 Å². The number of nitrogens with one attached hydrogen (secondary N) is 1. The average Bonchev–Trinajstić information content (AvgIpc) is 3.02. The van der Waals surface area contributed by atoms with Crippen molar-refractivity contribution in [3.05, 3.63) is 80.0 Å². The van der Waals surface area contributed by atoms with Crippen molar-refractivity contribution in [1.82, 2.24) is 9.88 Å². The lowest BCUT2D eigenvalue weighted by Gasteiger charge is -2.12. The number of carbonyl (C=O) groups is 1. The van der Waals surface area contributed by atoms with Crippen molar-refractivity contribution in [3.63, 3.8) is 0 Å². The number of benzene rings is 2. The number of nitrogens with zero attached hydrogens (tertiary/aromatic N) is 3. The van der Waals surface area contributed by atoms with Gasteiger partial charge >= 0.3 is 0 Å². The molecular weight excluding hydrogens is 364 g/mol. The number of aryl methyl sites for hydroxylation is 1. The first kappa shape index (κ1) is 19.0. The Kier molecular flexibility index (Phi) is 5.08. The zero-order chi connectivity index (χ0) is 20.4. The van der Waals surface area contributed by atoms with Crippen molar-refractivity contribution in [3.8, 4) is 0 Å². The molecular formula is C19H18N4O5. The molecule has 0 saturated carbocycles. The molecule has 3 aromatic rings. The van der Waals surface area contributed by atoms with Crippen LogP contribution in [0.15, 0.2) is 48.7 Å². The number of carbonyl (C=O) groups excluding carboxylic acids is 1. The minimum atomic E-state index is -0.761. The summed E-state index contributed by atoms with van der Waals surface area (Å²) in [6.45, 7) is 2.24. The minimum Gasteiger partial charge on any atom is -0.351 e. The Bertz CT molecular complexity index is 1060. The Hall–Kier alpha value is -3.75. The number of non-ortho nitro benzene ring substituents is 2. The first-order valence-electron chi connectivity index (χ1n) is 8.54. The van der Waals surface area contributed by atoms with Gasteiger partial charge in [-0.15, -0.1) is 0 Å². The number of nitro benzene ring substituents is 2. The van der Waals surface area contributed by atoms with E-state index in [-0.39, 0.29) is 18.0 Å². The van der Waals surface area contributed by atoms with Crippen LogP contribution in [-0.4, -0.2) is 26.9 Å². The van der Waals surface area contributed by atoms with E-state index in [1.54, 1.807) is 0 Å². The average molecular weight is 382 g/mol. The van der Waals surface area contributed by atoms with Gasteiger partial charge in [-0.05, 0) is 11.6 Å². The van der Waals surface area contributed by atoms with Crippen LogP contribution < -0.4 is 5.32 Å². The maximum atomic E-state index is 12.4. The van der Waals surface area contributed by atoms with E-state index < -0.39 is 27.1 Å². The highest BCUT2D eigenvalue weighted by molar-refractivity contribution is 5.95. The minimum absolute atomic E-state index is 0.0243. The van der Waals surface area contributed by atoms with Crippen molar-refractivity contribution < 1.29 is 14.6 Å². The zero-order valence-corrected chi connectivity index (χ0v) is 15.3. The van der Waals surface area contributed by atoms with Crippen LogP contribution in [0, 0.1) is 20.2 Å². The number of amides is 1. The van der Waals surface area contributed by atoms with Gasteiger partial charge in [-0.1, -0.05) is 25.1 Å². The van der Waals surface area contributed by atoms with Gasteiger partial charge in [0, 0.05) is 48.7 Å². The third kappa shape index (κ3) is 3.68. The Morgan fingerprint density at radius 2 is 1.71 bits per heavy atom. The molecule has 0 spiro atoms. The Balaban J connectivity index is 1.80. The van der Waals surface area contributed by atoms with Gasteiger partial charge in [0.25, 0.3) is 17.3 Å². The number of hydrogen-bond donors (Lipinski definition) is 1. The van der Waals surface area contributed by atoms with Gasteiger partial charge < -0.3 is 9.88 Å². The monoisotopic (exact) mass is 382 g/mol. The molecule has 0 radical (unpaired) electrons. The molecule has 0 aliphatic carbocycles. The first-order chi connectivity index (χ1) is 13.3. The summed E-state index contributed by atoms with van der Waals surface area (Å²) in [5, 5.41) is 25.7. The highest BCUT2D eigenvalue weighted by Crippen LogP contribution is 2.27. The summed E-state index contributed by atoms with van der Waals surface area (Å²) < 4.78 is 2.01. The van der Waals surface area contributed by atoms with Crippen LogP contribution in [0.3, 0.4) is 0 Å². The van der Waals surface area contributed by atoms with E-state index in [1.165, 1.54) is 0 Å². The molecule has 0 aliphatic heterocycles. The fourth-order valence-corrected chi connectivity index (χ4v) is 3.16. The molecule has 1 aromatic heterocycles. The van der Waals surface area contributed by atoms with Crippen LogP contribution in [0.25, 0.3) is 10.9 Å². The van der Waals surface area contributed by atoms with Gasteiger partial charge in [0.15, 0.2) is 0 Å². The molecule has 0 saturated heterocycles. The molecule has 0 fully saturated rings. The normalized spacial score (nSPS) is 11.9. The number of nitro groups is 2. The lowest BCUT2D eigenvalue weighted by Crippen LogP contribution is -2.27. The number of rotatable bonds is 6. The zero-order valence-electron chi connectivity index (χ0n) is 15.3. The van der Waals surface area contributed by atoms with Gasteiger partial charge in [-0.25, -0.2) is 0 Å². The summed E-state index contributed by atoms with van der Waals surface area (Å²) in [4.78, 5) is 32.9. The van der Waals surface area contributed by atoms with E-state index in [0.717, 1.165) is 34.7 Å². The van der Waals surface area contributed by atoms with Crippen LogP contribution in [0.1, 0.15) is 28.8 Å². The van der Waals surface area contributed by atoms with Gasteiger partial charge in [0.1, 0.15) is 0 Å². The highest BCUT2D eigenvalue weighted by atomic mass is 16.6. The highest BCUT2D eigenvalue weighted by Gasteiger charge is 2.20. The molecule has 9 nitrogen and oxygen atoms in total. The Morgan fingerprint density at radius 3 is 2.32 bits per heavy atom. The van der Waals surface area contributed by atoms with Gasteiger partial charge in [-0.3, -0.25) is 25.0 Å². The van der Waals surface area contributed by atoms with Crippen molar-refractivity contribution >= 4 is 28.2 Å². The number of fused-ring (bicyclic) bond motifs is 1. The quantitative estimate of drug-likeness (QED) is 0.516. The molecule has 1 atom stereocenters. The van der Waals surface area contributed by atoms with Crippen molar-refractivity contribution in [2.24, 2.45) is 7.05 Å². The molecule has 0 bridgehead atoms. The predicted molar refractivity (Wildman–Crippen MR) is 103 cm³/mol. The molecule has 3 rings (SSSR count). The smallest absolute Gasteiger partial charge is 0.277 e. The van der Waals surface area contributed by atoms with Crippen molar-refractivity contribution in [2.45, 2.75) is 12.8 Å². The van der Waals surface area contributed by atoms with Crippen LogP contribution in [-0.2, 0) is 7.05 Å². The largest absolute Gasteiger partial charge is 0.351 e. The topological polar surface area (TPSA) is 120 Å². The van der Waals surface area contributed by atoms with Gasteiger partial charge in [-0.2, -0.15) is 0 Å². The maximum Gasteiger partial charge on any atom is 0.277 e. The molecule has 0 aliphatic rings. The van der Waals surface area contributed by atoms with E-state index in [4.69, 9.17) is 0 Å². The predicted octanol–water partition coefficient (Wildman–Crippen LogP) is 3.53. The summed E-state index contributed by atoms with van der Waals surface area (Å²) in [5.74, 6) is -0.623. The second-order valence-electron chi connectivity index (χ2n) is 6.58. The Morgan fingerprint density at radius 1 is 1.11 bits per heavy atom. The van der Waals surface area contributed by atoms with Crippen molar-refractivity contribution in [1.29, 1.82) is 0 Å². The van der Waals surface area contributed by atoms with Crippen LogP contribution in [0.5, 0.6) is 0 Å². The fourth-order valence-electron chi connectivity index (χ4n) is 3.16. The third-order valence-electron chi connectivity index (χ3n) is 4.61. The number of aromatic nitrogens is 1. The van der Waals surface area contributed by atoms with E-state index in [9.17, 15) is 25.0 Å². The summed E-state index contributed by atoms with van der Waals surface area (Å²) in [6, 6.07) is 10.8. The van der Waals surface area contributed by atoms with Crippen LogP contribution >= 0.6 is 0 Å². The van der Waals surface area contributed by atoms with E-state index >= 15 is 0 Å². The second-order valence-corrected chi connectivity index (χ2v) is 6.58. The lowest BCUT2D eigenvalue weighted by atomic mass is 10.0. The summed E-state index contributed by atoms with van der Waals surface area (Å²) in [5.41, 5.74) is 1.02. The van der Waals surface area contributed by atoms with Gasteiger partial charge in [0.05, 0.1) is 21.5 Å². The number of para-hydroxylation sites is 1. The van der Waals surface area contributed by atoms with Gasteiger partial charge in [0.2, 0.25) is 0 Å². The van der Waals surface area contributed by atoms with E-state index in [0.29, 0.717) is 0 Å². The fraction of sp³-hybridized carbons (Fsp3) is 0.211. The lowest BCUT2D eigenvalue weighted by molar-refractivity contribution is -0.394. The van der Waals surface area contributed by atoms with E-state index in [1.807, 2.05) is 49.0 Å². The summed E-state index contributed by atoms with van der Waals surface area (Å²) >= 11 is 0.